The minimum Gasteiger partial charge on any atom is -0.493 e. The van der Waals surface area contributed by atoms with E-state index < -0.39 is 5.41 Å². The second-order valence-corrected chi connectivity index (χ2v) is 10.5. The van der Waals surface area contributed by atoms with Crippen LogP contribution in [0.25, 0.3) is 0 Å². The number of aryl methyl sites for hydroxylation is 1. The molecule has 0 aliphatic carbocycles. The van der Waals surface area contributed by atoms with Gasteiger partial charge in [-0.05, 0) is 45.0 Å². The number of hydrogen-bond acceptors (Lipinski definition) is 6. The number of piperazine rings is 1. The van der Waals surface area contributed by atoms with Crippen molar-refractivity contribution in [1.82, 2.24) is 19.7 Å². The molecule has 2 fully saturated rings. The van der Waals surface area contributed by atoms with E-state index >= 15 is 0 Å². The predicted octanol–water partition coefficient (Wildman–Crippen LogP) is 3.57. The third-order valence-corrected chi connectivity index (χ3v) is 7.76. The molecule has 0 bridgehead atoms. The Labute approximate surface area is 204 Å². The van der Waals surface area contributed by atoms with Gasteiger partial charge in [-0.3, -0.25) is 9.59 Å². The summed E-state index contributed by atoms with van der Waals surface area (Å²) < 4.78 is 6.17. The summed E-state index contributed by atoms with van der Waals surface area (Å²) in [5, 5.41) is 0.608. The van der Waals surface area contributed by atoms with E-state index in [1.54, 1.807) is 17.6 Å². The van der Waals surface area contributed by atoms with Crippen molar-refractivity contribution in [3.63, 3.8) is 0 Å². The van der Waals surface area contributed by atoms with Gasteiger partial charge >= 0.3 is 0 Å². The van der Waals surface area contributed by atoms with Crippen LogP contribution in [-0.4, -0.2) is 84.4 Å². The highest BCUT2D eigenvalue weighted by atomic mass is 35.5. The number of piperidine rings is 1. The van der Waals surface area contributed by atoms with Crippen molar-refractivity contribution < 1.29 is 14.3 Å². The minimum atomic E-state index is -0.449. The number of rotatable bonds is 6. The zero-order valence-electron chi connectivity index (χ0n) is 19.3. The van der Waals surface area contributed by atoms with Gasteiger partial charge in [0.15, 0.2) is 0 Å². The van der Waals surface area contributed by atoms with E-state index in [-0.39, 0.29) is 11.8 Å². The molecule has 7 nitrogen and oxygen atoms in total. The van der Waals surface area contributed by atoms with Crippen molar-refractivity contribution in [3.05, 3.63) is 45.4 Å². The van der Waals surface area contributed by atoms with Crippen LogP contribution >= 0.6 is 22.9 Å². The molecule has 1 aromatic heterocycles. The first-order valence-corrected chi connectivity index (χ1v) is 12.7. The lowest BCUT2D eigenvalue weighted by Crippen LogP contribution is -2.53. The topological polar surface area (TPSA) is 66.0 Å². The lowest BCUT2D eigenvalue weighted by molar-refractivity contribution is -0.137. The number of likely N-dealkylation sites (tertiary alicyclic amines) is 1. The number of carbonyl (C=O) groups excluding carboxylic acids is 2. The van der Waals surface area contributed by atoms with Crippen LogP contribution < -0.4 is 4.74 Å². The van der Waals surface area contributed by atoms with Gasteiger partial charge in [-0.1, -0.05) is 17.7 Å². The molecule has 0 N–H and O–H groups in total. The average Bonchev–Trinajstić information content (AvgIpc) is 3.24. The van der Waals surface area contributed by atoms with Crippen LogP contribution in [0.2, 0.25) is 5.02 Å². The molecule has 9 heteroatoms. The summed E-state index contributed by atoms with van der Waals surface area (Å²) in [6, 6.07) is 7.31. The molecular formula is C24H31ClN4O3S. The fourth-order valence-electron chi connectivity index (χ4n) is 4.63. The Hall–Kier alpha value is -2.16. The number of thiazole rings is 1. The second kappa shape index (κ2) is 10.4. The molecule has 2 aromatic rings. The second-order valence-electron chi connectivity index (χ2n) is 9.20. The monoisotopic (exact) mass is 490 g/mol. The third-order valence-electron chi connectivity index (χ3n) is 6.61. The summed E-state index contributed by atoms with van der Waals surface area (Å²) in [6.45, 7) is 6.63. The molecule has 2 aliphatic rings. The number of hydrogen-bond donors (Lipinski definition) is 0. The van der Waals surface area contributed by atoms with Gasteiger partial charge in [0.05, 0.1) is 17.8 Å². The van der Waals surface area contributed by atoms with Crippen molar-refractivity contribution in [3.8, 4) is 5.75 Å². The molecule has 3 heterocycles. The first-order chi connectivity index (χ1) is 15.8. The SMILES string of the molecule is Cc1ncsc1C(=O)N1CCCC(COc2cccc(Cl)c2)(CC(=O)N2CCN(C)CC2)C1. The zero-order valence-corrected chi connectivity index (χ0v) is 20.8. The van der Waals surface area contributed by atoms with E-state index in [1.807, 2.05) is 28.9 Å². The Morgan fingerprint density at radius 3 is 2.67 bits per heavy atom. The van der Waals surface area contributed by atoms with Crippen molar-refractivity contribution >= 4 is 34.8 Å². The smallest absolute Gasteiger partial charge is 0.265 e. The number of aromatic nitrogens is 1. The molecule has 4 rings (SSSR count). The fraction of sp³-hybridized carbons (Fsp3) is 0.542. The van der Waals surface area contributed by atoms with Crippen LogP contribution in [0.3, 0.4) is 0 Å². The van der Waals surface area contributed by atoms with E-state index in [0.29, 0.717) is 41.8 Å². The molecule has 1 atom stereocenters. The third kappa shape index (κ3) is 5.86. The Morgan fingerprint density at radius 1 is 1.18 bits per heavy atom. The van der Waals surface area contributed by atoms with E-state index in [9.17, 15) is 9.59 Å². The van der Waals surface area contributed by atoms with Gasteiger partial charge in [-0.2, -0.15) is 0 Å². The van der Waals surface area contributed by atoms with E-state index in [4.69, 9.17) is 16.3 Å². The van der Waals surface area contributed by atoms with Crippen molar-refractivity contribution in [2.75, 3.05) is 52.9 Å². The zero-order chi connectivity index (χ0) is 23.4. The minimum absolute atomic E-state index is 0.00567. The van der Waals surface area contributed by atoms with Crippen molar-refractivity contribution in [2.24, 2.45) is 5.41 Å². The quantitative estimate of drug-likeness (QED) is 0.619. The van der Waals surface area contributed by atoms with Gasteiger partial charge < -0.3 is 19.4 Å². The van der Waals surface area contributed by atoms with Crippen LogP contribution in [0.5, 0.6) is 5.75 Å². The van der Waals surface area contributed by atoms with Gasteiger partial charge in [0.25, 0.3) is 5.91 Å². The molecule has 178 valence electrons. The maximum Gasteiger partial charge on any atom is 0.265 e. The molecule has 2 saturated heterocycles. The number of benzene rings is 1. The van der Waals surface area contributed by atoms with Crippen LogP contribution in [-0.2, 0) is 4.79 Å². The standard InChI is InChI=1S/C24H31ClN4O3S/c1-18-22(33-17-26-18)23(31)29-8-4-7-24(15-29,16-32-20-6-3-5-19(25)13-20)14-21(30)28-11-9-27(2)10-12-28/h3,5-6,13,17H,4,7-12,14-16H2,1-2H3. The lowest BCUT2D eigenvalue weighted by Gasteiger charge is -2.43. The van der Waals surface area contributed by atoms with Crippen LogP contribution in [0, 0.1) is 12.3 Å². The van der Waals surface area contributed by atoms with Gasteiger partial charge in [0.1, 0.15) is 10.6 Å². The average molecular weight is 491 g/mol. The molecule has 33 heavy (non-hydrogen) atoms. The highest BCUT2D eigenvalue weighted by Gasteiger charge is 2.41. The van der Waals surface area contributed by atoms with Crippen molar-refractivity contribution in [2.45, 2.75) is 26.2 Å². The molecule has 0 spiro atoms. The van der Waals surface area contributed by atoms with Gasteiger partial charge in [0.2, 0.25) is 5.91 Å². The van der Waals surface area contributed by atoms with Gasteiger partial charge in [-0.15, -0.1) is 11.3 Å². The molecule has 1 aromatic carbocycles. The Bertz CT molecular complexity index is 992. The van der Waals surface area contributed by atoms with Gasteiger partial charge in [-0.25, -0.2) is 4.98 Å². The molecule has 2 amide bonds. The summed E-state index contributed by atoms with van der Waals surface area (Å²) in [7, 11) is 2.08. The van der Waals surface area contributed by atoms with E-state index in [2.05, 4.69) is 16.9 Å². The maximum absolute atomic E-state index is 13.3. The Balaban J connectivity index is 1.52. The lowest BCUT2D eigenvalue weighted by atomic mass is 9.77. The molecular weight excluding hydrogens is 460 g/mol. The Morgan fingerprint density at radius 2 is 1.97 bits per heavy atom. The molecule has 0 saturated carbocycles. The maximum atomic E-state index is 13.3. The Kier molecular flexibility index (Phi) is 7.56. The first-order valence-electron chi connectivity index (χ1n) is 11.4. The van der Waals surface area contributed by atoms with Crippen molar-refractivity contribution in [1.29, 1.82) is 0 Å². The van der Waals surface area contributed by atoms with Crippen LogP contribution in [0.4, 0.5) is 0 Å². The number of likely N-dealkylation sites (N-methyl/N-ethyl adjacent to an activating group) is 1. The summed E-state index contributed by atoms with van der Waals surface area (Å²) in [4.78, 5) is 37.5. The fourth-order valence-corrected chi connectivity index (χ4v) is 5.58. The van der Waals surface area contributed by atoms with Crippen LogP contribution in [0.15, 0.2) is 29.8 Å². The first kappa shape index (κ1) is 24.0. The summed E-state index contributed by atoms with van der Waals surface area (Å²) in [5.41, 5.74) is 2.01. The predicted molar refractivity (Wildman–Crippen MR) is 130 cm³/mol. The van der Waals surface area contributed by atoms with E-state index in [1.165, 1.54) is 11.3 Å². The van der Waals surface area contributed by atoms with E-state index in [0.717, 1.165) is 44.7 Å². The van der Waals surface area contributed by atoms with Crippen LogP contribution in [0.1, 0.15) is 34.6 Å². The number of nitrogens with zero attached hydrogens (tertiary/aromatic N) is 4. The summed E-state index contributed by atoms with van der Waals surface area (Å²) in [6.07, 6.45) is 2.03. The van der Waals surface area contributed by atoms with Gasteiger partial charge in [0, 0.05) is 56.1 Å². The number of carbonyl (C=O) groups is 2. The number of amides is 2. The molecule has 1 unspecified atom stereocenters. The largest absolute Gasteiger partial charge is 0.493 e. The number of halogens is 1. The molecule has 0 radical (unpaired) electrons. The summed E-state index contributed by atoms with van der Waals surface area (Å²) >= 11 is 7.50. The summed E-state index contributed by atoms with van der Waals surface area (Å²) in [5.74, 6) is 0.811. The highest BCUT2D eigenvalue weighted by molar-refractivity contribution is 7.11. The highest BCUT2D eigenvalue weighted by Crippen LogP contribution is 2.36. The number of ether oxygens (including phenoxy) is 1. The molecule has 2 aliphatic heterocycles. The normalized spacial score (nSPS) is 21.8.